The summed E-state index contributed by atoms with van der Waals surface area (Å²) >= 11 is 6.16. The first kappa shape index (κ1) is 18.3. The highest BCUT2D eigenvalue weighted by molar-refractivity contribution is 6.31. The molecule has 0 bridgehead atoms. The largest absolute Gasteiger partial charge is 0.328 e. The lowest BCUT2D eigenvalue weighted by molar-refractivity contribution is 0.0979. The second-order valence-electron chi connectivity index (χ2n) is 6.85. The summed E-state index contributed by atoms with van der Waals surface area (Å²) in [4.78, 5) is 42.5. The van der Waals surface area contributed by atoms with Crippen LogP contribution in [-0.2, 0) is 13.0 Å². The Balaban J connectivity index is 1.76. The maximum Gasteiger partial charge on any atom is 0.328 e. The maximum absolute atomic E-state index is 13.2. The fraction of sp³-hybridized carbons (Fsp3) is 0.190. The van der Waals surface area contributed by atoms with E-state index in [0.717, 1.165) is 22.2 Å². The highest BCUT2D eigenvalue weighted by Crippen LogP contribution is 2.32. The molecule has 0 radical (unpaired) electrons. The molecule has 6 nitrogen and oxygen atoms in total. The van der Waals surface area contributed by atoms with Crippen molar-refractivity contribution in [3.05, 3.63) is 97.3 Å². The van der Waals surface area contributed by atoms with Crippen LogP contribution in [-0.4, -0.2) is 21.5 Å². The molecule has 1 unspecified atom stereocenters. The lowest BCUT2D eigenvalue weighted by Crippen LogP contribution is -2.43. The fourth-order valence-electron chi connectivity index (χ4n) is 3.61. The Bertz CT molecular complexity index is 1180. The molecule has 0 saturated carbocycles. The van der Waals surface area contributed by atoms with Gasteiger partial charge in [-0.15, -0.1) is 0 Å². The summed E-state index contributed by atoms with van der Waals surface area (Å²) in [5, 5.41) is 0.452. The van der Waals surface area contributed by atoms with E-state index in [1.54, 1.807) is 29.2 Å². The summed E-state index contributed by atoms with van der Waals surface area (Å²) in [5.74, 6) is -0.424. The van der Waals surface area contributed by atoms with Crippen molar-refractivity contribution in [2.75, 3.05) is 4.90 Å². The lowest BCUT2D eigenvalue weighted by Gasteiger charge is -2.22. The zero-order chi connectivity index (χ0) is 19.8. The molecule has 1 aliphatic rings. The van der Waals surface area contributed by atoms with Crippen LogP contribution in [0.25, 0.3) is 0 Å². The quantitative estimate of drug-likeness (QED) is 0.741. The molecule has 4 rings (SSSR count). The SMILES string of the molecule is CC1Cc2ccccc2N1C(=O)c1c[nH]c(=O)n(Cc2ccccc2Cl)c1=O. The molecule has 7 heteroatoms. The first-order valence-corrected chi connectivity index (χ1v) is 9.32. The normalized spacial score (nSPS) is 15.5. The number of halogens is 1. The van der Waals surface area contributed by atoms with Crippen LogP contribution in [0.2, 0.25) is 5.02 Å². The van der Waals surface area contributed by atoms with Gasteiger partial charge < -0.3 is 9.88 Å². The highest BCUT2D eigenvalue weighted by Gasteiger charge is 2.32. The van der Waals surface area contributed by atoms with Gasteiger partial charge in [0.2, 0.25) is 0 Å². The van der Waals surface area contributed by atoms with Crippen LogP contribution in [0, 0.1) is 0 Å². The maximum atomic E-state index is 13.2. The summed E-state index contributed by atoms with van der Waals surface area (Å²) < 4.78 is 1.00. The third kappa shape index (κ3) is 3.05. The number of para-hydroxylation sites is 1. The number of nitrogens with one attached hydrogen (secondary N) is 1. The van der Waals surface area contributed by atoms with Crippen molar-refractivity contribution in [1.29, 1.82) is 0 Å². The number of fused-ring (bicyclic) bond motifs is 1. The molecule has 0 spiro atoms. The third-order valence-corrected chi connectivity index (χ3v) is 5.37. The van der Waals surface area contributed by atoms with Gasteiger partial charge in [-0.05, 0) is 36.6 Å². The zero-order valence-corrected chi connectivity index (χ0v) is 15.9. The van der Waals surface area contributed by atoms with Crippen molar-refractivity contribution < 1.29 is 4.79 Å². The Labute approximate surface area is 166 Å². The van der Waals surface area contributed by atoms with E-state index in [4.69, 9.17) is 11.6 Å². The number of carbonyl (C=O) groups excluding carboxylic acids is 1. The van der Waals surface area contributed by atoms with Crippen molar-refractivity contribution in [1.82, 2.24) is 9.55 Å². The van der Waals surface area contributed by atoms with Gasteiger partial charge in [-0.2, -0.15) is 0 Å². The van der Waals surface area contributed by atoms with Gasteiger partial charge in [0.05, 0.1) is 6.54 Å². The van der Waals surface area contributed by atoms with Crippen LogP contribution in [0.15, 0.2) is 64.3 Å². The minimum atomic E-state index is -0.634. The number of H-pyrrole nitrogens is 1. The second-order valence-corrected chi connectivity index (χ2v) is 7.25. The molecular formula is C21H18ClN3O3. The van der Waals surface area contributed by atoms with Gasteiger partial charge in [0, 0.05) is 22.9 Å². The van der Waals surface area contributed by atoms with Crippen molar-refractivity contribution in [2.24, 2.45) is 0 Å². The number of carbonyl (C=O) groups is 1. The van der Waals surface area contributed by atoms with Gasteiger partial charge in [0.15, 0.2) is 0 Å². The molecule has 0 aliphatic carbocycles. The Morgan fingerprint density at radius 3 is 2.64 bits per heavy atom. The molecule has 0 fully saturated rings. The molecule has 1 atom stereocenters. The Morgan fingerprint density at radius 1 is 1.14 bits per heavy atom. The number of hydrogen-bond acceptors (Lipinski definition) is 3. The molecule has 3 aromatic rings. The van der Waals surface area contributed by atoms with Crippen LogP contribution in [0.1, 0.15) is 28.4 Å². The van der Waals surface area contributed by atoms with Gasteiger partial charge in [-0.25, -0.2) is 4.79 Å². The van der Waals surface area contributed by atoms with Gasteiger partial charge in [0.25, 0.3) is 11.5 Å². The Morgan fingerprint density at radius 2 is 1.86 bits per heavy atom. The first-order valence-electron chi connectivity index (χ1n) is 8.94. The van der Waals surface area contributed by atoms with E-state index in [2.05, 4.69) is 4.98 Å². The smallest absolute Gasteiger partial charge is 0.313 e. The summed E-state index contributed by atoms with van der Waals surface area (Å²) in [6, 6.07) is 14.5. The number of benzene rings is 2. The molecule has 1 aromatic heterocycles. The molecule has 1 aliphatic heterocycles. The van der Waals surface area contributed by atoms with E-state index in [9.17, 15) is 14.4 Å². The van der Waals surface area contributed by atoms with Crippen molar-refractivity contribution in [3.8, 4) is 0 Å². The number of hydrogen-bond donors (Lipinski definition) is 1. The monoisotopic (exact) mass is 395 g/mol. The average Bonchev–Trinajstić information content (AvgIpc) is 3.01. The van der Waals surface area contributed by atoms with Crippen LogP contribution in [0.3, 0.4) is 0 Å². The second kappa shape index (κ2) is 7.13. The fourth-order valence-corrected chi connectivity index (χ4v) is 3.81. The van der Waals surface area contributed by atoms with Crippen LogP contribution < -0.4 is 16.1 Å². The van der Waals surface area contributed by atoms with E-state index in [-0.39, 0.29) is 18.2 Å². The summed E-state index contributed by atoms with van der Waals surface area (Å²) in [6.45, 7) is 1.92. The Kier molecular flexibility index (Phi) is 4.65. The minimum absolute atomic E-state index is 0.0128. The van der Waals surface area contributed by atoms with Gasteiger partial charge in [-0.1, -0.05) is 48.0 Å². The van der Waals surface area contributed by atoms with Gasteiger partial charge in [-0.3, -0.25) is 14.2 Å². The molecular weight excluding hydrogens is 378 g/mol. The van der Waals surface area contributed by atoms with Crippen molar-refractivity contribution in [2.45, 2.75) is 25.9 Å². The molecule has 1 N–H and O–H groups in total. The third-order valence-electron chi connectivity index (χ3n) is 5.00. The number of aromatic nitrogens is 2. The molecule has 142 valence electrons. The van der Waals surface area contributed by atoms with E-state index in [1.165, 1.54) is 6.20 Å². The number of amides is 1. The minimum Gasteiger partial charge on any atom is -0.313 e. The summed E-state index contributed by atoms with van der Waals surface area (Å²) in [6.07, 6.45) is 1.92. The summed E-state index contributed by atoms with van der Waals surface area (Å²) in [5.41, 5.74) is 1.19. The standard InChI is InChI=1S/C21H18ClN3O3/c1-13-10-14-6-3-5-9-18(14)25(13)20(27)16-11-23-21(28)24(19(16)26)12-15-7-2-4-8-17(15)22/h2-9,11,13H,10,12H2,1H3,(H,23,28). The van der Waals surface area contributed by atoms with Crippen LogP contribution >= 0.6 is 11.6 Å². The first-order chi connectivity index (χ1) is 13.5. The predicted octanol–water partition coefficient (Wildman–Crippen LogP) is 2.83. The number of rotatable bonds is 3. The zero-order valence-electron chi connectivity index (χ0n) is 15.2. The number of anilines is 1. The van der Waals surface area contributed by atoms with Gasteiger partial charge in [0.1, 0.15) is 5.56 Å². The van der Waals surface area contributed by atoms with Gasteiger partial charge >= 0.3 is 5.69 Å². The molecule has 2 heterocycles. The summed E-state index contributed by atoms with van der Waals surface area (Å²) in [7, 11) is 0. The van der Waals surface area contributed by atoms with Crippen LogP contribution in [0.5, 0.6) is 0 Å². The molecule has 0 saturated heterocycles. The Hall–Kier alpha value is -3.12. The highest BCUT2D eigenvalue weighted by atomic mass is 35.5. The van der Waals surface area contributed by atoms with Crippen molar-refractivity contribution >= 4 is 23.2 Å². The molecule has 28 heavy (non-hydrogen) atoms. The van der Waals surface area contributed by atoms with Crippen LogP contribution in [0.4, 0.5) is 5.69 Å². The van der Waals surface area contributed by atoms with E-state index < -0.39 is 17.2 Å². The lowest BCUT2D eigenvalue weighted by atomic mass is 10.1. The average molecular weight is 396 g/mol. The van der Waals surface area contributed by atoms with E-state index in [1.807, 2.05) is 31.2 Å². The topological polar surface area (TPSA) is 75.2 Å². The van der Waals surface area contributed by atoms with E-state index in [0.29, 0.717) is 10.6 Å². The number of nitrogens with zero attached hydrogens (tertiary/aromatic N) is 2. The molecule has 1 amide bonds. The van der Waals surface area contributed by atoms with E-state index >= 15 is 0 Å². The predicted molar refractivity (Wildman–Crippen MR) is 108 cm³/mol. The number of aromatic amines is 1. The van der Waals surface area contributed by atoms with Crippen molar-refractivity contribution in [3.63, 3.8) is 0 Å². The molecule has 2 aromatic carbocycles.